The van der Waals surface area contributed by atoms with Gasteiger partial charge in [-0.3, -0.25) is 14.2 Å². The lowest BCUT2D eigenvalue weighted by Crippen LogP contribution is -2.11. The molecule has 0 fully saturated rings. The maximum Gasteiger partial charge on any atom is 0.321 e. The molecular formula is C18H14ClN3O3S. The van der Waals surface area contributed by atoms with E-state index < -0.39 is 5.97 Å². The van der Waals surface area contributed by atoms with E-state index in [9.17, 15) is 9.59 Å². The number of rotatable bonds is 6. The lowest BCUT2D eigenvalue weighted by molar-refractivity contribution is -0.131. The van der Waals surface area contributed by atoms with Gasteiger partial charge in [0.15, 0.2) is 10.9 Å². The zero-order valence-corrected chi connectivity index (χ0v) is 15.3. The van der Waals surface area contributed by atoms with Crippen molar-refractivity contribution in [1.29, 1.82) is 0 Å². The Hall–Kier alpha value is -2.64. The number of carbonyl (C=O) groups excluding carboxylic acids is 2. The minimum atomic E-state index is -0.448. The van der Waals surface area contributed by atoms with E-state index in [4.69, 9.17) is 16.3 Å². The molecule has 0 aliphatic carbocycles. The van der Waals surface area contributed by atoms with E-state index in [0.29, 0.717) is 21.5 Å². The number of ketones is 1. The van der Waals surface area contributed by atoms with Gasteiger partial charge in [-0.05, 0) is 37.3 Å². The fourth-order valence-electron chi connectivity index (χ4n) is 2.19. The molecule has 0 spiro atoms. The summed E-state index contributed by atoms with van der Waals surface area (Å²) < 4.78 is 7.01. The second kappa shape index (κ2) is 8.16. The van der Waals surface area contributed by atoms with Crippen LogP contribution in [0, 0.1) is 0 Å². The van der Waals surface area contributed by atoms with E-state index in [0.717, 1.165) is 5.69 Å². The number of ether oxygens (including phenoxy) is 1. The Morgan fingerprint density at radius 3 is 2.77 bits per heavy atom. The third kappa shape index (κ3) is 4.50. The fraction of sp³-hybridized carbons (Fsp3) is 0.111. The number of halogens is 1. The normalized spacial score (nSPS) is 10.5. The number of hydrogen-bond donors (Lipinski definition) is 0. The summed E-state index contributed by atoms with van der Waals surface area (Å²) >= 11 is 7.20. The van der Waals surface area contributed by atoms with Crippen molar-refractivity contribution in [2.75, 3.05) is 5.75 Å². The molecule has 1 heterocycles. The van der Waals surface area contributed by atoms with Gasteiger partial charge in [-0.1, -0.05) is 41.6 Å². The first kappa shape index (κ1) is 18.2. The van der Waals surface area contributed by atoms with Crippen LogP contribution in [0.4, 0.5) is 0 Å². The molecule has 26 heavy (non-hydrogen) atoms. The lowest BCUT2D eigenvalue weighted by Gasteiger charge is -2.07. The van der Waals surface area contributed by atoms with Gasteiger partial charge in [-0.15, -0.1) is 10.2 Å². The largest absolute Gasteiger partial charge is 0.426 e. The van der Waals surface area contributed by atoms with Crippen LogP contribution in [0.15, 0.2) is 60.0 Å². The van der Waals surface area contributed by atoms with Gasteiger partial charge in [0.05, 0.1) is 11.4 Å². The van der Waals surface area contributed by atoms with Gasteiger partial charge in [-0.2, -0.15) is 0 Å². The standard InChI is InChI=1S/C18H14ClN3O3S/c1-12(23)13-4-2-7-16(8-13)25-17(24)10-26-18-21-20-11-22(18)15-6-3-5-14(19)9-15/h2-9,11H,10H2,1H3. The van der Waals surface area contributed by atoms with Crippen LogP contribution in [0.5, 0.6) is 5.75 Å². The number of aromatic nitrogens is 3. The van der Waals surface area contributed by atoms with Crippen molar-refractivity contribution in [3.63, 3.8) is 0 Å². The first-order valence-corrected chi connectivity index (χ1v) is 9.00. The van der Waals surface area contributed by atoms with Gasteiger partial charge in [-0.25, -0.2) is 0 Å². The molecule has 2 aromatic carbocycles. The van der Waals surface area contributed by atoms with E-state index in [1.165, 1.54) is 18.7 Å². The summed E-state index contributed by atoms with van der Waals surface area (Å²) in [5.74, 6) is -0.160. The second-order valence-corrected chi connectivity index (χ2v) is 6.69. The number of Topliss-reactive ketones (excluding diaryl/α,β-unsaturated/α-hetero) is 1. The Labute approximate surface area is 159 Å². The van der Waals surface area contributed by atoms with Gasteiger partial charge in [0.1, 0.15) is 12.1 Å². The molecule has 0 unspecified atom stereocenters. The van der Waals surface area contributed by atoms with Crippen LogP contribution in [0.1, 0.15) is 17.3 Å². The number of carbonyl (C=O) groups is 2. The third-order valence-corrected chi connectivity index (χ3v) is 4.55. The van der Waals surface area contributed by atoms with Crippen LogP contribution in [-0.4, -0.2) is 32.3 Å². The Balaban J connectivity index is 1.65. The van der Waals surface area contributed by atoms with Crippen molar-refractivity contribution in [3.8, 4) is 11.4 Å². The fourth-order valence-corrected chi connectivity index (χ4v) is 3.08. The van der Waals surface area contributed by atoms with Crippen molar-refractivity contribution in [2.24, 2.45) is 0 Å². The van der Waals surface area contributed by atoms with Crippen molar-refractivity contribution < 1.29 is 14.3 Å². The number of thioether (sulfide) groups is 1. The number of benzene rings is 2. The Bertz CT molecular complexity index is 958. The van der Waals surface area contributed by atoms with Crippen molar-refractivity contribution in [3.05, 3.63) is 65.4 Å². The average molecular weight is 388 g/mol. The van der Waals surface area contributed by atoms with Gasteiger partial charge in [0.2, 0.25) is 0 Å². The molecule has 1 aromatic heterocycles. The molecule has 0 N–H and O–H groups in total. The van der Waals surface area contributed by atoms with Gasteiger partial charge in [0, 0.05) is 10.6 Å². The quantitative estimate of drug-likeness (QED) is 0.277. The molecule has 0 amide bonds. The molecule has 3 rings (SSSR count). The molecule has 0 atom stereocenters. The molecule has 8 heteroatoms. The summed E-state index contributed by atoms with van der Waals surface area (Å²) in [4.78, 5) is 23.5. The molecule has 0 bridgehead atoms. The molecule has 6 nitrogen and oxygen atoms in total. The predicted molar refractivity (Wildman–Crippen MR) is 99.2 cm³/mol. The minimum absolute atomic E-state index is 0.0452. The molecule has 0 aliphatic rings. The average Bonchev–Trinajstić information content (AvgIpc) is 3.09. The highest BCUT2D eigenvalue weighted by Crippen LogP contribution is 2.22. The van der Waals surface area contributed by atoms with Crippen LogP contribution in [0.2, 0.25) is 5.02 Å². The number of nitrogens with zero attached hydrogens (tertiary/aromatic N) is 3. The Kier molecular flexibility index (Phi) is 5.70. The second-order valence-electron chi connectivity index (χ2n) is 5.31. The van der Waals surface area contributed by atoms with Crippen LogP contribution in [0.25, 0.3) is 5.69 Å². The van der Waals surface area contributed by atoms with E-state index in [1.54, 1.807) is 47.3 Å². The zero-order valence-electron chi connectivity index (χ0n) is 13.8. The van der Waals surface area contributed by atoms with E-state index >= 15 is 0 Å². The van der Waals surface area contributed by atoms with Crippen LogP contribution >= 0.6 is 23.4 Å². The number of hydrogen-bond acceptors (Lipinski definition) is 6. The highest BCUT2D eigenvalue weighted by atomic mass is 35.5. The summed E-state index contributed by atoms with van der Waals surface area (Å²) in [6.45, 7) is 1.46. The van der Waals surface area contributed by atoms with Crippen molar-refractivity contribution >= 4 is 35.1 Å². The van der Waals surface area contributed by atoms with Gasteiger partial charge < -0.3 is 4.74 Å². The molecular weight excluding hydrogens is 374 g/mol. The summed E-state index contributed by atoms with van der Waals surface area (Å²) in [6, 6.07) is 13.7. The summed E-state index contributed by atoms with van der Waals surface area (Å²) in [5.41, 5.74) is 1.29. The summed E-state index contributed by atoms with van der Waals surface area (Å²) in [5, 5.41) is 9.04. The summed E-state index contributed by atoms with van der Waals surface area (Å²) in [6.07, 6.45) is 1.55. The zero-order chi connectivity index (χ0) is 18.5. The topological polar surface area (TPSA) is 74.1 Å². The first-order chi connectivity index (χ1) is 12.5. The maximum atomic E-state index is 12.1. The maximum absolute atomic E-state index is 12.1. The van der Waals surface area contributed by atoms with Crippen LogP contribution in [-0.2, 0) is 4.79 Å². The molecule has 0 aliphatic heterocycles. The van der Waals surface area contributed by atoms with E-state index in [2.05, 4.69) is 10.2 Å². The summed E-state index contributed by atoms with van der Waals surface area (Å²) in [7, 11) is 0. The highest BCUT2D eigenvalue weighted by molar-refractivity contribution is 7.99. The predicted octanol–water partition coefficient (Wildman–Crippen LogP) is 3.82. The lowest BCUT2D eigenvalue weighted by atomic mass is 10.1. The van der Waals surface area contributed by atoms with Crippen molar-refractivity contribution in [2.45, 2.75) is 12.1 Å². The molecule has 0 saturated heterocycles. The monoisotopic (exact) mass is 387 g/mol. The smallest absolute Gasteiger partial charge is 0.321 e. The van der Waals surface area contributed by atoms with Crippen LogP contribution < -0.4 is 4.74 Å². The van der Waals surface area contributed by atoms with E-state index in [1.807, 2.05) is 12.1 Å². The molecule has 0 saturated carbocycles. The van der Waals surface area contributed by atoms with Crippen molar-refractivity contribution in [1.82, 2.24) is 14.8 Å². The third-order valence-electron chi connectivity index (χ3n) is 3.39. The van der Waals surface area contributed by atoms with Gasteiger partial charge in [0.25, 0.3) is 0 Å². The molecule has 132 valence electrons. The Morgan fingerprint density at radius 2 is 2.00 bits per heavy atom. The molecule has 0 radical (unpaired) electrons. The molecule has 3 aromatic rings. The Morgan fingerprint density at radius 1 is 1.19 bits per heavy atom. The number of esters is 1. The van der Waals surface area contributed by atoms with Crippen LogP contribution in [0.3, 0.4) is 0 Å². The highest BCUT2D eigenvalue weighted by Gasteiger charge is 2.12. The minimum Gasteiger partial charge on any atom is -0.426 e. The van der Waals surface area contributed by atoms with Gasteiger partial charge >= 0.3 is 5.97 Å². The van der Waals surface area contributed by atoms with E-state index in [-0.39, 0.29) is 11.5 Å². The first-order valence-electron chi connectivity index (χ1n) is 7.63. The SMILES string of the molecule is CC(=O)c1cccc(OC(=O)CSc2nncn2-c2cccc(Cl)c2)c1.